The second-order valence-corrected chi connectivity index (χ2v) is 14.4. The molecule has 0 aliphatic carbocycles. The summed E-state index contributed by atoms with van der Waals surface area (Å²) in [7, 11) is 0. The third-order valence-electron chi connectivity index (χ3n) is 4.87. The van der Waals surface area contributed by atoms with E-state index in [2.05, 4.69) is 63.6 Å². The summed E-state index contributed by atoms with van der Waals surface area (Å²) in [4.78, 5) is 33.5. The van der Waals surface area contributed by atoms with E-state index >= 15 is 0 Å². The molecule has 0 fully saturated rings. The van der Waals surface area contributed by atoms with Crippen LogP contribution in [0, 0.1) is 0 Å². The SMILES string of the molecule is Clc1nc(-c2ccccc2)nc2[nH]ccc12.O=P(Cl)(Cl)Cl.O=c1[nH]c(-c2ccccc2)nc2[nH]ccc12. The van der Waals surface area contributed by atoms with E-state index in [4.69, 9.17) is 11.6 Å². The standard InChI is InChI=1S/C12H8ClN3.C12H9N3O.Cl3OP/c13-10-9-6-7-14-12(9)16-11(15-10)8-4-2-1-3-5-8;16-12-9-6-7-13-11(9)14-10(15-12)8-4-2-1-3-5-8;1-5(2,3)4/h1-7H,(H,14,15,16);1-7H,(H2,13,14,15,16);. The first kappa shape index (κ1) is 26.9. The normalized spacial score (nSPS) is 10.9. The lowest BCUT2D eigenvalue weighted by Crippen LogP contribution is -2.08. The van der Waals surface area contributed by atoms with Gasteiger partial charge < -0.3 is 15.0 Å². The van der Waals surface area contributed by atoms with Crippen molar-refractivity contribution in [3.8, 4) is 22.8 Å². The molecule has 0 amide bonds. The zero-order valence-electron chi connectivity index (χ0n) is 18.7. The zero-order valence-corrected chi connectivity index (χ0v) is 22.6. The highest BCUT2D eigenvalue weighted by atomic mass is 36.0. The van der Waals surface area contributed by atoms with Gasteiger partial charge in [-0.25, -0.2) is 15.0 Å². The van der Waals surface area contributed by atoms with Gasteiger partial charge in [-0.2, -0.15) is 0 Å². The fourth-order valence-electron chi connectivity index (χ4n) is 3.30. The topological polar surface area (TPSA) is 120 Å². The number of nitrogens with one attached hydrogen (secondary N) is 3. The molecule has 0 aliphatic rings. The van der Waals surface area contributed by atoms with Crippen molar-refractivity contribution in [3.63, 3.8) is 0 Å². The van der Waals surface area contributed by atoms with Crippen molar-refractivity contribution in [2.45, 2.75) is 0 Å². The van der Waals surface area contributed by atoms with Crippen LogP contribution < -0.4 is 5.56 Å². The quantitative estimate of drug-likeness (QED) is 0.139. The highest BCUT2D eigenvalue weighted by Crippen LogP contribution is 2.61. The molecule has 8 nitrogen and oxygen atoms in total. The summed E-state index contributed by atoms with van der Waals surface area (Å²) in [6.07, 6.45) is 3.52. The van der Waals surface area contributed by atoms with E-state index in [0.29, 0.717) is 27.8 Å². The van der Waals surface area contributed by atoms with Gasteiger partial charge in [0.1, 0.15) is 22.3 Å². The third-order valence-corrected chi connectivity index (χ3v) is 5.16. The molecule has 6 rings (SSSR count). The number of hydrogen-bond donors (Lipinski definition) is 3. The summed E-state index contributed by atoms with van der Waals surface area (Å²) >= 11 is 19.9. The van der Waals surface area contributed by atoms with Gasteiger partial charge >= 0.3 is 5.20 Å². The van der Waals surface area contributed by atoms with E-state index in [1.165, 1.54) is 0 Å². The molecule has 0 spiro atoms. The van der Waals surface area contributed by atoms with Crippen LogP contribution in [0.5, 0.6) is 0 Å². The van der Waals surface area contributed by atoms with Crippen molar-refractivity contribution in [3.05, 3.63) is 101 Å². The van der Waals surface area contributed by atoms with Gasteiger partial charge in [0.15, 0.2) is 5.82 Å². The molecule has 13 heteroatoms. The minimum Gasteiger partial charge on any atom is -0.346 e. The molecular weight excluding hydrogens is 577 g/mol. The van der Waals surface area contributed by atoms with Crippen LogP contribution in [0.1, 0.15) is 0 Å². The molecule has 0 radical (unpaired) electrons. The first-order chi connectivity index (χ1) is 17.7. The van der Waals surface area contributed by atoms with Gasteiger partial charge in [0.05, 0.1) is 10.8 Å². The number of benzene rings is 2. The van der Waals surface area contributed by atoms with Crippen molar-refractivity contribution in [2.24, 2.45) is 0 Å². The predicted molar refractivity (Wildman–Crippen MR) is 152 cm³/mol. The summed E-state index contributed by atoms with van der Waals surface area (Å²) in [5, 5.41) is -1.31. The van der Waals surface area contributed by atoms with E-state index < -0.39 is 5.20 Å². The summed E-state index contributed by atoms with van der Waals surface area (Å²) < 4.78 is 9.51. The van der Waals surface area contributed by atoms with Crippen molar-refractivity contribution in [1.29, 1.82) is 0 Å². The third kappa shape index (κ3) is 7.44. The van der Waals surface area contributed by atoms with Crippen LogP contribution in [-0.4, -0.2) is 29.9 Å². The first-order valence-corrected chi connectivity index (χ1v) is 15.4. The van der Waals surface area contributed by atoms with Crippen LogP contribution >= 0.6 is 50.5 Å². The maximum Gasteiger partial charge on any atom is 0.339 e. The van der Waals surface area contributed by atoms with Gasteiger partial charge in [-0.05, 0) is 45.9 Å². The molecule has 0 atom stereocenters. The predicted octanol–water partition coefficient (Wildman–Crippen LogP) is 8.01. The molecule has 188 valence electrons. The Balaban J connectivity index is 0.000000147. The van der Waals surface area contributed by atoms with Crippen molar-refractivity contribution >= 4 is 72.6 Å². The lowest BCUT2D eigenvalue weighted by atomic mass is 10.2. The Morgan fingerprint density at radius 1 is 0.676 bits per heavy atom. The molecule has 37 heavy (non-hydrogen) atoms. The smallest absolute Gasteiger partial charge is 0.339 e. The van der Waals surface area contributed by atoms with Gasteiger partial charge in [0, 0.05) is 23.5 Å². The summed E-state index contributed by atoms with van der Waals surface area (Å²) in [6.45, 7) is 0. The van der Waals surface area contributed by atoms with Gasteiger partial charge in [-0.1, -0.05) is 72.3 Å². The molecule has 3 N–H and O–H groups in total. The van der Waals surface area contributed by atoms with E-state index in [0.717, 1.165) is 22.2 Å². The minimum absolute atomic E-state index is 0.120. The second kappa shape index (κ2) is 11.9. The highest BCUT2D eigenvalue weighted by molar-refractivity contribution is 8.24. The molecule has 2 aromatic carbocycles. The summed E-state index contributed by atoms with van der Waals surface area (Å²) in [5.41, 5.74) is 3.11. The number of H-pyrrole nitrogens is 3. The number of halogens is 4. The lowest BCUT2D eigenvalue weighted by molar-refractivity contribution is 0.600. The molecule has 0 saturated heterocycles. The molecule has 0 bridgehead atoms. The van der Waals surface area contributed by atoms with Gasteiger partial charge in [0.2, 0.25) is 0 Å². The summed E-state index contributed by atoms with van der Waals surface area (Å²) in [6, 6.07) is 22.9. The maximum absolute atomic E-state index is 11.7. The fourth-order valence-corrected chi connectivity index (χ4v) is 3.54. The highest BCUT2D eigenvalue weighted by Gasteiger charge is 2.08. The largest absolute Gasteiger partial charge is 0.346 e. The average molecular weight is 594 g/mol. The zero-order chi connectivity index (χ0) is 26.4. The average Bonchev–Trinajstić information content (AvgIpc) is 3.55. The number of aromatic amines is 3. The Morgan fingerprint density at radius 3 is 1.78 bits per heavy atom. The Labute approximate surface area is 229 Å². The van der Waals surface area contributed by atoms with Crippen molar-refractivity contribution in [1.82, 2.24) is 29.9 Å². The first-order valence-electron chi connectivity index (χ1n) is 10.6. The van der Waals surface area contributed by atoms with E-state index in [9.17, 15) is 9.36 Å². The van der Waals surface area contributed by atoms with Crippen LogP contribution in [-0.2, 0) is 4.57 Å². The molecular formula is C24H17Cl4N6O2P. The Kier molecular flexibility index (Phi) is 8.69. The number of fused-ring (bicyclic) bond motifs is 2. The van der Waals surface area contributed by atoms with E-state index in [1.807, 2.05) is 66.7 Å². The minimum atomic E-state index is -3.22. The molecule has 0 unspecified atom stereocenters. The van der Waals surface area contributed by atoms with E-state index in [-0.39, 0.29) is 5.56 Å². The van der Waals surface area contributed by atoms with Gasteiger partial charge in [0.25, 0.3) is 5.56 Å². The van der Waals surface area contributed by atoms with Crippen molar-refractivity contribution in [2.75, 3.05) is 0 Å². The lowest BCUT2D eigenvalue weighted by Gasteiger charge is -2.01. The van der Waals surface area contributed by atoms with Crippen LogP contribution in [0.2, 0.25) is 5.15 Å². The summed E-state index contributed by atoms with van der Waals surface area (Å²) in [5.74, 6) is 1.22. The fraction of sp³-hybridized carbons (Fsp3) is 0. The van der Waals surface area contributed by atoms with Crippen LogP contribution in [0.15, 0.2) is 90.0 Å². The molecule has 4 aromatic heterocycles. The number of aromatic nitrogens is 6. The molecule has 0 saturated carbocycles. The second-order valence-electron chi connectivity index (χ2n) is 7.36. The maximum atomic E-state index is 11.7. The number of nitrogens with zero attached hydrogens (tertiary/aromatic N) is 3. The molecule has 0 aliphatic heterocycles. The van der Waals surface area contributed by atoms with Gasteiger partial charge in [-0.15, -0.1) is 0 Å². The number of hydrogen-bond acceptors (Lipinski definition) is 5. The van der Waals surface area contributed by atoms with E-state index in [1.54, 1.807) is 18.5 Å². The monoisotopic (exact) mass is 592 g/mol. The van der Waals surface area contributed by atoms with Crippen LogP contribution in [0.4, 0.5) is 0 Å². The Hall–Kier alpha value is -3.13. The Bertz CT molecular complexity index is 1720. The Morgan fingerprint density at radius 2 is 1.19 bits per heavy atom. The van der Waals surface area contributed by atoms with Crippen LogP contribution in [0.3, 0.4) is 0 Å². The van der Waals surface area contributed by atoms with Gasteiger partial charge in [-0.3, -0.25) is 9.36 Å². The molecule has 4 heterocycles. The number of rotatable bonds is 2. The van der Waals surface area contributed by atoms with Crippen LogP contribution in [0.25, 0.3) is 44.8 Å². The van der Waals surface area contributed by atoms with Crippen molar-refractivity contribution < 1.29 is 4.57 Å². The molecule has 6 aromatic rings.